The van der Waals surface area contributed by atoms with E-state index in [2.05, 4.69) is 35.7 Å². The fourth-order valence-electron chi connectivity index (χ4n) is 3.20. The molecule has 3 aromatic rings. The summed E-state index contributed by atoms with van der Waals surface area (Å²) in [7, 11) is 0. The Bertz CT molecular complexity index is 1220. The van der Waals surface area contributed by atoms with Crippen LogP contribution in [0.1, 0.15) is 34.7 Å². The van der Waals surface area contributed by atoms with Crippen LogP contribution in [0, 0.1) is 35.8 Å². The van der Waals surface area contributed by atoms with E-state index in [0.717, 1.165) is 32.4 Å². The third-order valence-electron chi connectivity index (χ3n) is 4.55. The predicted molar refractivity (Wildman–Crippen MR) is 130 cm³/mol. The van der Waals surface area contributed by atoms with Crippen LogP contribution in [-0.4, -0.2) is 0 Å². The van der Waals surface area contributed by atoms with Gasteiger partial charge in [0.25, 0.3) is 11.4 Å². The molecule has 0 aliphatic carbocycles. The molecule has 0 radical (unpaired) electrons. The Labute approximate surface area is 193 Å². The predicted octanol–water partition coefficient (Wildman–Crippen LogP) is 7.90. The second-order valence-corrected chi connectivity index (χ2v) is 9.59. The van der Waals surface area contributed by atoms with Gasteiger partial charge in [-0.05, 0) is 60.4 Å². The van der Waals surface area contributed by atoms with Crippen molar-refractivity contribution >= 4 is 46.2 Å². The normalized spacial score (nSPS) is 11.4. The summed E-state index contributed by atoms with van der Waals surface area (Å²) < 4.78 is 0. The smallest absolute Gasteiger partial charge is 0.227 e. The Morgan fingerprint density at radius 3 is 1.55 bits per heavy atom. The molecule has 0 N–H and O–H groups in total. The number of rotatable bonds is 6. The number of hydrogen-bond donors (Lipinski definition) is 0. The highest BCUT2D eigenvalue weighted by Gasteiger charge is 2.20. The van der Waals surface area contributed by atoms with Gasteiger partial charge in [-0.1, -0.05) is 13.8 Å². The summed E-state index contributed by atoms with van der Waals surface area (Å²) in [5, 5.41) is 18.0. The van der Waals surface area contributed by atoms with Crippen molar-refractivity contribution < 1.29 is 0 Å². The Hall–Kier alpha value is -3.46. The van der Waals surface area contributed by atoms with E-state index in [0.29, 0.717) is 0 Å². The van der Waals surface area contributed by atoms with E-state index in [1.807, 2.05) is 24.3 Å². The van der Waals surface area contributed by atoms with Crippen molar-refractivity contribution in [3.05, 3.63) is 79.4 Å². The van der Waals surface area contributed by atoms with E-state index in [9.17, 15) is 0 Å². The van der Waals surface area contributed by atoms with Crippen molar-refractivity contribution in [3.63, 3.8) is 0 Å². The Balaban J connectivity index is 2.08. The fraction of sp³-hybridized carbons (Fsp3) is 0.167. The summed E-state index contributed by atoms with van der Waals surface area (Å²) in [6, 6.07) is 11.8. The molecule has 0 fully saturated rings. The molecule has 31 heavy (non-hydrogen) atoms. The van der Waals surface area contributed by atoms with Crippen molar-refractivity contribution in [3.8, 4) is 31.6 Å². The highest BCUT2D eigenvalue weighted by molar-refractivity contribution is 7.27. The molecule has 0 aliphatic heterocycles. The highest BCUT2D eigenvalue weighted by Crippen LogP contribution is 2.46. The second-order valence-electron chi connectivity index (χ2n) is 6.33. The summed E-state index contributed by atoms with van der Waals surface area (Å²) in [6.45, 7) is 18.5. The second kappa shape index (κ2) is 10.0. The molecule has 0 amide bonds. The van der Waals surface area contributed by atoms with Crippen LogP contribution in [-0.2, 0) is 12.8 Å². The van der Waals surface area contributed by atoms with Crippen molar-refractivity contribution in [1.82, 2.24) is 0 Å². The molecule has 7 heteroatoms. The third-order valence-corrected chi connectivity index (χ3v) is 8.25. The van der Waals surface area contributed by atoms with Crippen LogP contribution in [0.3, 0.4) is 0 Å². The third kappa shape index (κ3) is 4.66. The zero-order chi connectivity index (χ0) is 22.4. The molecular formula is C24H16N4S3. The molecule has 3 aromatic heterocycles. The lowest BCUT2D eigenvalue weighted by molar-refractivity contribution is 1.06. The molecule has 0 bridgehead atoms. The van der Waals surface area contributed by atoms with Crippen molar-refractivity contribution in [2.24, 2.45) is 0 Å². The van der Waals surface area contributed by atoms with Gasteiger partial charge in [0.05, 0.1) is 25.3 Å². The maximum Gasteiger partial charge on any atom is 0.263 e. The molecule has 0 aromatic carbocycles. The average molecular weight is 457 g/mol. The van der Waals surface area contributed by atoms with Crippen LogP contribution in [0.25, 0.3) is 41.4 Å². The molecule has 3 heterocycles. The monoisotopic (exact) mass is 456 g/mol. The van der Waals surface area contributed by atoms with Crippen LogP contribution in [0.5, 0.6) is 0 Å². The zero-order valence-corrected chi connectivity index (χ0v) is 19.3. The topological polar surface area (TPSA) is 56.3 Å². The first-order valence-corrected chi connectivity index (χ1v) is 11.9. The van der Waals surface area contributed by atoms with Gasteiger partial charge < -0.3 is 0 Å². The van der Waals surface area contributed by atoms with Gasteiger partial charge in [-0.25, -0.2) is 20.2 Å². The van der Waals surface area contributed by atoms with Gasteiger partial charge >= 0.3 is 0 Å². The molecule has 0 saturated heterocycles. The first-order chi connectivity index (χ1) is 15.1. The summed E-state index contributed by atoms with van der Waals surface area (Å²) in [5.41, 5.74) is 2.82. The van der Waals surface area contributed by atoms with Crippen LogP contribution in [0.15, 0.2) is 35.7 Å². The number of nitrogens with zero attached hydrogens (tertiary/aromatic N) is 4. The van der Waals surface area contributed by atoms with E-state index in [1.165, 1.54) is 20.9 Å². The zero-order valence-electron chi connectivity index (χ0n) is 16.9. The standard InChI is InChI=1S/C24H16N4S3/c1-5-19-20(6-2)24(22-10-8-18(30-22)12-16(14-26)28-4)31-23(19)21-9-7-17(29-21)11-15(13-25)27-3/h7-12H,5-6H2,1-2H3/b15-11-,16-12+. The van der Waals surface area contributed by atoms with E-state index >= 15 is 0 Å². The van der Waals surface area contributed by atoms with Gasteiger partial charge in [0, 0.05) is 29.3 Å². The fourth-order valence-corrected chi connectivity index (χ4v) is 6.85. The van der Waals surface area contributed by atoms with Gasteiger partial charge in [0.2, 0.25) is 0 Å². The lowest BCUT2D eigenvalue weighted by atomic mass is 10.0. The minimum atomic E-state index is 0.0838. The van der Waals surface area contributed by atoms with E-state index in [-0.39, 0.29) is 11.4 Å². The molecule has 0 unspecified atom stereocenters. The lowest BCUT2D eigenvalue weighted by Gasteiger charge is -2.03. The maximum atomic E-state index is 9.02. The summed E-state index contributed by atoms with van der Waals surface area (Å²) >= 11 is 4.93. The Kier molecular flexibility index (Phi) is 7.19. The number of thiophene rings is 3. The molecule has 0 spiro atoms. The minimum absolute atomic E-state index is 0.0838. The van der Waals surface area contributed by atoms with Crippen LogP contribution in [0.2, 0.25) is 0 Å². The van der Waals surface area contributed by atoms with E-state index < -0.39 is 0 Å². The summed E-state index contributed by atoms with van der Waals surface area (Å²) in [5.74, 6) is 0. The van der Waals surface area contributed by atoms with Gasteiger partial charge in [-0.3, -0.25) is 0 Å². The number of hydrogen-bond acceptors (Lipinski definition) is 5. The van der Waals surface area contributed by atoms with E-state index in [1.54, 1.807) is 46.2 Å². The van der Waals surface area contributed by atoms with Crippen molar-refractivity contribution in [2.75, 3.05) is 0 Å². The molecular weight excluding hydrogens is 440 g/mol. The number of nitriles is 2. The largest absolute Gasteiger partial charge is 0.263 e. The SMILES string of the molecule is [C-]#[N+]/C(C#N)=C\c1ccc(-c2sc(-c3ccc(/C=C(\C#N)[N+]#[C-])s3)c(CC)c2CC)s1. The van der Waals surface area contributed by atoms with Crippen LogP contribution < -0.4 is 0 Å². The first kappa shape index (κ1) is 22.2. The van der Waals surface area contributed by atoms with Gasteiger partial charge in [-0.15, -0.1) is 34.0 Å². The molecule has 0 aliphatic rings. The Morgan fingerprint density at radius 2 is 1.23 bits per heavy atom. The number of allylic oxidation sites excluding steroid dienone is 2. The molecule has 150 valence electrons. The lowest BCUT2D eigenvalue weighted by Crippen LogP contribution is -1.88. The van der Waals surface area contributed by atoms with Gasteiger partial charge in [-0.2, -0.15) is 0 Å². The molecule has 4 nitrogen and oxygen atoms in total. The average Bonchev–Trinajstić information content (AvgIpc) is 3.53. The molecule has 0 atom stereocenters. The van der Waals surface area contributed by atoms with Crippen molar-refractivity contribution in [2.45, 2.75) is 26.7 Å². The molecule has 0 saturated carbocycles. The highest BCUT2D eigenvalue weighted by atomic mass is 32.1. The van der Waals surface area contributed by atoms with Crippen molar-refractivity contribution in [1.29, 1.82) is 10.5 Å². The first-order valence-electron chi connectivity index (χ1n) is 9.41. The maximum absolute atomic E-state index is 9.02. The Morgan fingerprint density at radius 1 is 0.806 bits per heavy atom. The van der Waals surface area contributed by atoms with Crippen LogP contribution in [0.4, 0.5) is 0 Å². The van der Waals surface area contributed by atoms with E-state index in [4.69, 9.17) is 23.7 Å². The molecule has 3 rings (SSSR count). The van der Waals surface area contributed by atoms with Gasteiger partial charge in [0.15, 0.2) is 0 Å². The van der Waals surface area contributed by atoms with Crippen LogP contribution >= 0.6 is 34.0 Å². The summed E-state index contributed by atoms with van der Waals surface area (Å²) in [6.07, 6.45) is 5.09. The summed E-state index contributed by atoms with van der Waals surface area (Å²) in [4.78, 5) is 13.0. The minimum Gasteiger partial charge on any atom is -0.227 e. The van der Waals surface area contributed by atoms with Gasteiger partial charge in [0.1, 0.15) is 0 Å². The quantitative estimate of drug-likeness (QED) is 0.280.